The van der Waals surface area contributed by atoms with Crippen LogP contribution in [-0.2, 0) is 10.5 Å². The number of rotatable bonds is 5. The molecule has 2 aromatic rings. The number of hydrogen-bond acceptors (Lipinski definition) is 2. The number of halogens is 3. The van der Waals surface area contributed by atoms with Crippen LogP contribution in [0, 0.1) is 11.6 Å². The van der Waals surface area contributed by atoms with Gasteiger partial charge < -0.3 is 5.32 Å². The van der Waals surface area contributed by atoms with E-state index in [-0.39, 0.29) is 16.8 Å². The molecule has 2 aromatic carbocycles. The maximum absolute atomic E-state index is 13.1. The molecule has 0 aromatic heterocycles. The molecule has 1 amide bonds. The Hall–Kier alpha value is -1.59. The first-order valence-electron chi connectivity index (χ1n) is 6.57. The van der Waals surface area contributed by atoms with Crippen molar-refractivity contribution in [3.05, 3.63) is 64.7 Å². The molecule has 0 aliphatic heterocycles. The fourth-order valence-corrected chi connectivity index (χ4v) is 2.79. The van der Waals surface area contributed by atoms with Crippen LogP contribution < -0.4 is 5.32 Å². The molecule has 116 valence electrons. The summed E-state index contributed by atoms with van der Waals surface area (Å²) in [6.07, 6.45) is 0. The van der Waals surface area contributed by atoms with Gasteiger partial charge in [-0.1, -0.05) is 23.7 Å². The Morgan fingerprint density at radius 2 is 2.00 bits per heavy atom. The number of benzene rings is 2. The lowest BCUT2D eigenvalue weighted by molar-refractivity contribution is -0.115. The van der Waals surface area contributed by atoms with Gasteiger partial charge in [-0.15, -0.1) is 11.8 Å². The summed E-state index contributed by atoms with van der Waals surface area (Å²) >= 11 is 7.34. The molecule has 0 heterocycles. The SMILES string of the molecule is C[C@H](SCc1cccc(Cl)c1)C(=O)Nc1ccc(F)c(F)c1. The van der Waals surface area contributed by atoms with E-state index < -0.39 is 11.6 Å². The average molecular weight is 342 g/mol. The second kappa shape index (κ2) is 7.61. The Bertz CT molecular complexity index is 681. The van der Waals surface area contributed by atoms with Gasteiger partial charge in [0.2, 0.25) is 5.91 Å². The summed E-state index contributed by atoms with van der Waals surface area (Å²) in [7, 11) is 0. The van der Waals surface area contributed by atoms with Gasteiger partial charge in [0.1, 0.15) is 0 Å². The molecule has 0 aliphatic carbocycles. The number of thioether (sulfide) groups is 1. The molecule has 6 heteroatoms. The number of amides is 1. The molecule has 0 aliphatic rings. The van der Waals surface area contributed by atoms with Gasteiger partial charge in [-0.25, -0.2) is 8.78 Å². The fraction of sp³-hybridized carbons (Fsp3) is 0.188. The van der Waals surface area contributed by atoms with Crippen LogP contribution in [0.15, 0.2) is 42.5 Å². The van der Waals surface area contributed by atoms with Gasteiger partial charge in [-0.2, -0.15) is 0 Å². The first kappa shape index (κ1) is 16.8. The molecule has 1 atom stereocenters. The monoisotopic (exact) mass is 341 g/mol. The van der Waals surface area contributed by atoms with E-state index >= 15 is 0 Å². The number of carbonyl (C=O) groups excluding carboxylic acids is 1. The van der Waals surface area contributed by atoms with Gasteiger partial charge >= 0.3 is 0 Å². The van der Waals surface area contributed by atoms with Crippen LogP contribution in [-0.4, -0.2) is 11.2 Å². The van der Waals surface area contributed by atoms with Crippen molar-refractivity contribution in [1.29, 1.82) is 0 Å². The Labute approximate surface area is 136 Å². The molecule has 22 heavy (non-hydrogen) atoms. The van der Waals surface area contributed by atoms with Crippen LogP contribution in [0.5, 0.6) is 0 Å². The Morgan fingerprint density at radius 1 is 1.23 bits per heavy atom. The lowest BCUT2D eigenvalue weighted by Crippen LogP contribution is -2.22. The van der Waals surface area contributed by atoms with E-state index in [0.29, 0.717) is 10.8 Å². The number of anilines is 1. The van der Waals surface area contributed by atoms with Crippen LogP contribution in [0.1, 0.15) is 12.5 Å². The standard InChI is InChI=1S/C16H14ClF2NOS/c1-10(22-9-11-3-2-4-12(17)7-11)16(21)20-13-5-6-14(18)15(19)8-13/h2-8,10H,9H2,1H3,(H,20,21)/t10-/m0/s1. The maximum Gasteiger partial charge on any atom is 0.237 e. The summed E-state index contributed by atoms with van der Waals surface area (Å²) in [5.74, 6) is -1.57. The van der Waals surface area contributed by atoms with E-state index in [1.54, 1.807) is 13.0 Å². The van der Waals surface area contributed by atoms with E-state index in [9.17, 15) is 13.6 Å². The highest BCUT2D eigenvalue weighted by atomic mass is 35.5. The maximum atomic E-state index is 13.1. The smallest absolute Gasteiger partial charge is 0.237 e. The summed E-state index contributed by atoms with van der Waals surface area (Å²) < 4.78 is 25.9. The predicted molar refractivity (Wildman–Crippen MR) is 87.2 cm³/mol. The van der Waals surface area contributed by atoms with E-state index in [1.165, 1.54) is 17.8 Å². The molecule has 2 rings (SSSR count). The minimum atomic E-state index is -0.989. The Morgan fingerprint density at radius 3 is 2.68 bits per heavy atom. The molecule has 2 nitrogen and oxygen atoms in total. The van der Waals surface area contributed by atoms with Gasteiger partial charge in [0, 0.05) is 22.5 Å². The van der Waals surface area contributed by atoms with Crippen molar-refractivity contribution in [3.8, 4) is 0 Å². The van der Waals surface area contributed by atoms with Gasteiger partial charge in [-0.05, 0) is 36.8 Å². The normalized spacial score (nSPS) is 12.0. The zero-order valence-electron chi connectivity index (χ0n) is 11.8. The van der Waals surface area contributed by atoms with Gasteiger partial charge in [0.15, 0.2) is 11.6 Å². The van der Waals surface area contributed by atoms with E-state index in [2.05, 4.69) is 5.32 Å². The first-order valence-corrected chi connectivity index (χ1v) is 8.00. The van der Waals surface area contributed by atoms with Gasteiger partial charge in [-0.3, -0.25) is 4.79 Å². The lowest BCUT2D eigenvalue weighted by Gasteiger charge is -2.12. The molecule has 0 saturated carbocycles. The second-order valence-electron chi connectivity index (χ2n) is 4.70. The quantitative estimate of drug-likeness (QED) is 0.839. The highest BCUT2D eigenvalue weighted by Gasteiger charge is 2.14. The third kappa shape index (κ3) is 4.71. The van der Waals surface area contributed by atoms with Gasteiger partial charge in [0.05, 0.1) is 5.25 Å². The zero-order valence-corrected chi connectivity index (χ0v) is 13.3. The first-order chi connectivity index (χ1) is 10.5. The Balaban J connectivity index is 1.90. The molecule has 0 saturated heterocycles. The van der Waals surface area contributed by atoms with Crippen LogP contribution in [0.4, 0.5) is 14.5 Å². The van der Waals surface area contributed by atoms with Crippen LogP contribution in [0.25, 0.3) is 0 Å². The third-order valence-electron chi connectivity index (χ3n) is 2.95. The lowest BCUT2D eigenvalue weighted by atomic mass is 10.2. The minimum absolute atomic E-state index is 0.235. The summed E-state index contributed by atoms with van der Waals surface area (Å²) in [6, 6.07) is 10.7. The molecule has 0 bridgehead atoms. The fourth-order valence-electron chi connectivity index (χ4n) is 1.74. The molecule has 0 unspecified atom stereocenters. The van der Waals surface area contributed by atoms with E-state index in [1.807, 2.05) is 18.2 Å². The zero-order chi connectivity index (χ0) is 16.1. The summed E-state index contributed by atoms with van der Waals surface area (Å²) in [5, 5.41) is 2.87. The molecule has 1 N–H and O–H groups in total. The number of carbonyl (C=O) groups is 1. The van der Waals surface area contributed by atoms with Crippen molar-refractivity contribution in [2.75, 3.05) is 5.32 Å². The summed E-state index contributed by atoms with van der Waals surface area (Å²) in [5.41, 5.74) is 1.25. The topological polar surface area (TPSA) is 29.1 Å². The summed E-state index contributed by atoms with van der Waals surface area (Å²) in [6.45, 7) is 1.75. The third-order valence-corrected chi connectivity index (χ3v) is 4.39. The predicted octanol–water partition coefficient (Wildman–Crippen LogP) is 4.88. The second-order valence-corrected chi connectivity index (χ2v) is 6.47. The van der Waals surface area contributed by atoms with Crippen molar-refractivity contribution in [1.82, 2.24) is 0 Å². The van der Waals surface area contributed by atoms with Crippen LogP contribution in [0.3, 0.4) is 0 Å². The molecule has 0 spiro atoms. The van der Waals surface area contributed by atoms with Crippen LogP contribution >= 0.6 is 23.4 Å². The van der Waals surface area contributed by atoms with Crippen molar-refractivity contribution >= 4 is 35.0 Å². The van der Waals surface area contributed by atoms with Crippen molar-refractivity contribution < 1.29 is 13.6 Å². The number of hydrogen-bond donors (Lipinski definition) is 1. The van der Waals surface area contributed by atoms with E-state index in [0.717, 1.165) is 17.7 Å². The molecular weight excluding hydrogens is 328 g/mol. The molecule has 0 fully saturated rings. The minimum Gasteiger partial charge on any atom is -0.325 e. The highest BCUT2D eigenvalue weighted by Crippen LogP contribution is 2.21. The Kier molecular flexibility index (Phi) is 5.80. The van der Waals surface area contributed by atoms with Crippen molar-refractivity contribution in [2.45, 2.75) is 17.9 Å². The molecular formula is C16H14ClF2NOS. The summed E-state index contributed by atoms with van der Waals surface area (Å²) in [4.78, 5) is 12.0. The largest absolute Gasteiger partial charge is 0.325 e. The molecule has 0 radical (unpaired) electrons. The highest BCUT2D eigenvalue weighted by molar-refractivity contribution is 7.99. The van der Waals surface area contributed by atoms with Crippen LogP contribution in [0.2, 0.25) is 5.02 Å². The van der Waals surface area contributed by atoms with Gasteiger partial charge in [0.25, 0.3) is 0 Å². The van der Waals surface area contributed by atoms with Crippen molar-refractivity contribution in [3.63, 3.8) is 0 Å². The number of nitrogens with one attached hydrogen (secondary N) is 1. The van der Waals surface area contributed by atoms with Crippen molar-refractivity contribution in [2.24, 2.45) is 0 Å². The van der Waals surface area contributed by atoms with E-state index in [4.69, 9.17) is 11.6 Å². The average Bonchev–Trinajstić information content (AvgIpc) is 2.48.